The highest BCUT2D eigenvalue weighted by Gasteiger charge is 1.86. The first-order chi connectivity index (χ1) is 2.77. The van der Waals surface area contributed by atoms with Crippen molar-refractivity contribution >= 4 is 32.3 Å². The fraction of sp³-hybridized carbons (Fsp3) is 1.00. The molecular weight excluding hydrogens is 143 g/mol. The largest absolute Gasteiger partial charge is 0.243 e. The van der Waals surface area contributed by atoms with Crippen LogP contribution in [0.4, 0.5) is 0 Å². The van der Waals surface area contributed by atoms with Crippen molar-refractivity contribution in [1.82, 2.24) is 0 Å². The molecule has 0 aromatic carbocycles. The lowest BCUT2D eigenvalue weighted by Crippen LogP contribution is -1.86. The van der Waals surface area contributed by atoms with Crippen molar-refractivity contribution in [2.45, 2.75) is 0 Å². The van der Waals surface area contributed by atoms with E-state index in [4.69, 9.17) is 22.3 Å². The Hall–Kier alpha value is 0.730. The maximum Gasteiger partial charge on any atom is 0.116 e. The first kappa shape index (κ1) is 6.73. The third-order valence-electron chi connectivity index (χ3n) is 0.238. The Labute approximate surface area is 48.6 Å². The third-order valence-corrected chi connectivity index (χ3v) is 1.64. The van der Waals surface area contributed by atoms with Gasteiger partial charge in [0.15, 0.2) is 0 Å². The predicted octanol–water partition coefficient (Wildman–Crippen LogP) is 1.13. The number of halogens is 2. The molecule has 0 aromatic rings. The summed E-state index contributed by atoms with van der Waals surface area (Å²) in [6, 6.07) is 0. The van der Waals surface area contributed by atoms with Crippen molar-refractivity contribution in [2.75, 3.05) is 11.6 Å². The maximum absolute atomic E-state index is 9.84. The van der Waals surface area contributed by atoms with Crippen molar-refractivity contribution in [3.63, 3.8) is 0 Å². The summed E-state index contributed by atoms with van der Waals surface area (Å²) in [4.78, 5) is 0. The van der Waals surface area contributed by atoms with Crippen LogP contribution >= 0.6 is 22.3 Å². The molecule has 38 valence electrons. The molecule has 0 amide bonds. The summed E-state index contributed by atoms with van der Waals surface area (Å²) in [7, 11) is 3.74. The van der Waals surface area contributed by atoms with Gasteiger partial charge >= 0.3 is 0 Å². The summed E-state index contributed by atoms with van der Waals surface area (Å²) in [5.41, 5.74) is 0. The minimum atomic E-state index is -1.23. The molecule has 0 radical (unpaired) electrons. The Balaban J connectivity index is 2.83. The SMILES string of the molecule is O=S(Cl)CCCl. The van der Waals surface area contributed by atoms with Gasteiger partial charge in [0.2, 0.25) is 0 Å². The van der Waals surface area contributed by atoms with Crippen LogP contribution in [0.15, 0.2) is 0 Å². The van der Waals surface area contributed by atoms with Gasteiger partial charge in [-0.15, -0.1) is 11.6 Å². The molecule has 6 heavy (non-hydrogen) atoms. The molecule has 1 nitrogen and oxygen atoms in total. The average Bonchev–Trinajstić information content (AvgIpc) is 1.35. The van der Waals surface area contributed by atoms with Gasteiger partial charge < -0.3 is 0 Å². The van der Waals surface area contributed by atoms with Gasteiger partial charge in [0.25, 0.3) is 0 Å². The zero-order valence-corrected chi connectivity index (χ0v) is 5.31. The molecule has 0 heterocycles. The molecule has 1 unspecified atom stereocenters. The minimum absolute atomic E-state index is 0.371. The van der Waals surface area contributed by atoms with Crippen molar-refractivity contribution in [1.29, 1.82) is 0 Å². The van der Waals surface area contributed by atoms with E-state index >= 15 is 0 Å². The molecule has 0 rings (SSSR count). The van der Waals surface area contributed by atoms with Crippen LogP contribution in [-0.2, 0) is 10.0 Å². The predicted molar refractivity (Wildman–Crippen MR) is 29.6 cm³/mol. The maximum atomic E-state index is 9.84. The fourth-order valence-corrected chi connectivity index (χ4v) is 1.07. The van der Waals surface area contributed by atoms with Gasteiger partial charge in [-0.2, -0.15) is 0 Å². The lowest BCUT2D eigenvalue weighted by molar-refractivity contribution is 0.692. The molecule has 0 aliphatic rings. The molecule has 0 spiro atoms. The second-order valence-corrected chi connectivity index (χ2v) is 3.08. The van der Waals surface area contributed by atoms with E-state index in [2.05, 4.69) is 0 Å². The quantitative estimate of drug-likeness (QED) is 0.422. The zero-order valence-electron chi connectivity index (χ0n) is 2.99. The summed E-state index contributed by atoms with van der Waals surface area (Å²) < 4.78 is 9.84. The molecule has 0 aliphatic heterocycles. The number of hydrogen-bond donors (Lipinski definition) is 0. The van der Waals surface area contributed by atoms with Crippen LogP contribution in [0.3, 0.4) is 0 Å². The molecule has 0 saturated heterocycles. The number of hydrogen-bond acceptors (Lipinski definition) is 1. The molecule has 1 atom stereocenters. The van der Waals surface area contributed by atoms with Crippen LogP contribution in [-0.4, -0.2) is 15.8 Å². The monoisotopic (exact) mass is 146 g/mol. The zero-order chi connectivity index (χ0) is 4.99. The second kappa shape index (κ2) is 3.90. The van der Waals surface area contributed by atoms with Gasteiger partial charge in [0.05, 0.1) is 5.75 Å². The molecule has 4 heteroatoms. The Morgan fingerprint density at radius 1 is 1.67 bits per heavy atom. The van der Waals surface area contributed by atoms with Crippen LogP contribution in [0.1, 0.15) is 0 Å². The van der Waals surface area contributed by atoms with E-state index in [9.17, 15) is 4.21 Å². The summed E-state index contributed by atoms with van der Waals surface area (Å²) in [6.45, 7) is 0. The van der Waals surface area contributed by atoms with E-state index in [-0.39, 0.29) is 0 Å². The summed E-state index contributed by atoms with van der Waals surface area (Å²) in [6.07, 6.45) is 0. The molecular formula is C2H4Cl2OS. The van der Waals surface area contributed by atoms with Gasteiger partial charge in [-0.1, -0.05) is 0 Å². The highest BCUT2D eigenvalue weighted by Crippen LogP contribution is 1.87. The Bertz CT molecular complexity index is 55.5. The van der Waals surface area contributed by atoms with Crippen LogP contribution in [0.5, 0.6) is 0 Å². The normalized spacial score (nSPS) is 14.3. The second-order valence-electron chi connectivity index (χ2n) is 0.683. The Morgan fingerprint density at radius 3 is 2.17 bits per heavy atom. The van der Waals surface area contributed by atoms with Gasteiger partial charge in [-0.25, -0.2) is 4.21 Å². The number of rotatable bonds is 2. The first-order valence-electron chi connectivity index (χ1n) is 1.38. The van der Waals surface area contributed by atoms with E-state index in [1.165, 1.54) is 0 Å². The summed E-state index contributed by atoms with van der Waals surface area (Å²) in [5.74, 6) is 0.749. The van der Waals surface area contributed by atoms with Crippen LogP contribution in [0.2, 0.25) is 0 Å². The highest BCUT2D eigenvalue weighted by atomic mass is 35.7. The molecule has 0 aromatic heterocycles. The minimum Gasteiger partial charge on any atom is -0.243 e. The highest BCUT2D eigenvalue weighted by molar-refractivity contribution is 8.08. The van der Waals surface area contributed by atoms with Gasteiger partial charge in [0, 0.05) is 5.88 Å². The molecule has 0 saturated carbocycles. The van der Waals surface area contributed by atoms with Crippen LogP contribution in [0.25, 0.3) is 0 Å². The van der Waals surface area contributed by atoms with Gasteiger partial charge in [-0.3, -0.25) is 0 Å². The van der Waals surface area contributed by atoms with E-state index in [1.807, 2.05) is 0 Å². The van der Waals surface area contributed by atoms with E-state index in [0.29, 0.717) is 11.6 Å². The van der Waals surface area contributed by atoms with Gasteiger partial charge in [0.1, 0.15) is 10.0 Å². The third kappa shape index (κ3) is 4.73. The summed E-state index contributed by atoms with van der Waals surface area (Å²) in [5, 5.41) is 0. The van der Waals surface area contributed by atoms with Crippen LogP contribution in [0, 0.1) is 0 Å². The van der Waals surface area contributed by atoms with Crippen LogP contribution < -0.4 is 0 Å². The Morgan fingerprint density at radius 2 is 2.17 bits per heavy atom. The van der Waals surface area contributed by atoms with E-state index in [1.54, 1.807) is 0 Å². The topological polar surface area (TPSA) is 17.1 Å². The summed E-state index contributed by atoms with van der Waals surface area (Å²) >= 11 is 5.12. The molecule has 0 fully saturated rings. The standard InChI is InChI=1S/C2H4Cl2OS/c3-1-2-6(4)5/h1-2H2. The van der Waals surface area contributed by atoms with Crippen molar-refractivity contribution < 1.29 is 4.21 Å². The van der Waals surface area contributed by atoms with Crippen molar-refractivity contribution in [3.05, 3.63) is 0 Å². The average molecular weight is 147 g/mol. The smallest absolute Gasteiger partial charge is 0.116 e. The lowest BCUT2D eigenvalue weighted by Gasteiger charge is -1.78. The lowest BCUT2D eigenvalue weighted by atomic mass is 11.0. The van der Waals surface area contributed by atoms with Crippen molar-refractivity contribution in [2.24, 2.45) is 0 Å². The van der Waals surface area contributed by atoms with Gasteiger partial charge in [-0.05, 0) is 10.7 Å². The molecule has 0 N–H and O–H groups in total. The first-order valence-corrected chi connectivity index (χ1v) is 4.06. The van der Waals surface area contributed by atoms with Crippen molar-refractivity contribution in [3.8, 4) is 0 Å². The van der Waals surface area contributed by atoms with E-state index < -0.39 is 10.0 Å². The molecule has 0 aliphatic carbocycles. The molecule has 0 bridgehead atoms. The van der Waals surface area contributed by atoms with E-state index in [0.717, 1.165) is 0 Å². The Kier molecular flexibility index (Phi) is 4.38. The fourth-order valence-electron chi connectivity index (χ4n) is 0.0607. The number of alkyl halides is 1.